The SMILES string of the molecule is O=C(O)Cc1nc(CCl)cc(I)c1C(F)F. The van der Waals surface area contributed by atoms with Crippen molar-refractivity contribution in [1.82, 2.24) is 4.98 Å². The van der Waals surface area contributed by atoms with Gasteiger partial charge in [0.1, 0.15) is 0 Å². The molecule has 0 spiro atoms. The van der Waals surface area contributed by atoms with Crippen LogP contribution in [0.25, 0.3) is 0 Å². The predicted octanol–water partition coefficient (Wildman–Crippen LogP) is 2.99. The molecule has 88 valence electrons. The lowest BCUT2D eigenvalue weighted by Gasteiger charge is -2.10. The third-order valence-electron chi connectivity index (χ3n) is 1.81. The Kier molecular flexibility index (Phi) is 4.85. The maximum Gasteiger partial charge on any atom is 0.309 e. The Bertz CT molecular complexity index is 415. The van der Waals surface area contributed by atoms with E-state index in [-0.39, 0.29) is 20.7 Å². The van der Waals surface area contributed by atoms with Gasteiger partial charge in [-0.3, -0.25) is 9.78 Å². The average molecular weight is 362 g/mol. The zero-order valence-electron chi connectivity index (χ0n) is 7.88. The smallest absolute Gasteiger partial charge is 0.309 e. The molecule has 0 saturated carbocycles. The van der Waals surface area contributed by atoms with Crippen LogP contribution in [0.2, 0.25) is 0 Å². The van der Waals surface area contributed by atoms with E-state index in [1.165, 1.54) is 6.07 Å². The molecule has 1 rings (SSSR count). The maximum atomic E-state index is 12.7. The molecule has 1 N–H and O–H groups in total. The standard InChI is InChI=1S/C9H7ClF2INO2/c10-3-4-1-5(13)8(9(11)12)6(14-4)2-7(15)16/h1,9H,2-3H2,(H,15,16). The highest BCUT2D eigenvalue weighted by molar-refractivity contribution is 14.1. The number of carboxylic acid groups (broad SMARTS) is 1. The van der Waals surface area contributed by atoms with Gasteiger partial charge in [0.15, 0.2) is 0 Å². The van der Waals surface area contributed by atoms with Crippen molar-refractivity contribution in [2.45, 2.75) is 18.7 Å². The monoisotopic (exact) mass is 361 g/mol. The molecule has 1 heterocycles. The highest BCUT2D eigenvalue weighted by atomic mass is 127. The quantitative estimate of drug-likeness (QED) is 0.662. The van der Waals surface area contributed by atoms with Gasteiger partial charge in [-0.15, -0.1) is 11.6 Å². The third kappa shape index (κ3) is 3.24. The van der Waals surface area contributed by atoms with Gasteiger partial charge in [-0.2, -0.15) is 0 Å². The topological polar surface area (TPSA) is 50.2 Å². The molecule has 0 radical (unpaired) electrons. The van der Waals surface area contributed by atoms with Gasteiger partial charge >= 0.3 is 5.97 Å². The molecule has 0 aliphatic carbocycles. The van der Waals surface area contributed by atoms with Crippen LogP contribution in [-0.2, 0) is 17.1 Å². The number of hydrogen-bond donors (Lipinski definition) is 1. The molecule has 0 aliphatic heterocycles. The fourth-order valence-corrected chi connectivity index (χ4v) is 2.25. The van der Waals surface area contributed by atoms with Crippen LogP contribution in [0.5, 0.6) is 0 Å². The lowest BCUT2D eigenvalue weighted by atomic mass is 10.1. The average Bonchev–Trinajstić information content (AvgIpc) is 2.14. The molecule has 0 amide bonds. The predicted molar refractivity (Wildman–Crippen MR) is 62.8 cm³/mol. The Morgan fingerprint density at radius 2 is 2.25 bits per heavy atom. The van der Waals surface area contributed by atoms with Crippen LogP contribution in [0.4, 0.5) is 8.78 Å². The van der Waals surface area contributed by atoms with E-state index in [9.17, 15) is 13.6 Å². The number of hydrogen-bond acceptors (Lipinski definition) is 2. The minimum absolute atomic E-state index is 0.0616. The van der Waals surface area contributed by atoms with Crippen molar-refractivity contribution in [2.24, 2.45) is 0 Å². The number of carboxylic acids is 1. The summed E-state index contributed by atoms with van der Waals surface area (Å²) in [6.45, 7) is 0. The van der Waals surface area contributed by atoms with Crippen LogP contribution >= 0.6 is 34.2 Å². The molecule has 0 atom stereocenters. The van der Waals surface area contributed by atoms with Crippen molar-refractivity contribution in [3.05, 3.63) is 26.6 Å². The van der Waals surface area contributed by atoms with Crippen LogP contribution in [0.1, 0.15) is 23.4 Å². The van der Waals surface area contributed by atoms with Gasteiger partial charge in [-0.05, 0) is 28.7 Å². The lowest BCUT2D eigenvalue weighted by molar-refractivity contribution is -0.136. The minimum atomic E-state index is -2.74. The van der Waals surface area contributed by atoms with E-state index in [2.05, 4.69) is 4.98 Å². The Hall–Kier alpha value is -0.500. The second-order valence-electron chi connectivity index (χ2n) is 2.96. The number of rotatable bonds is 4. The van der Waals surface area contributed by atoms with E-state index in [1.54, 1.807) is 22.6 Å². The Labute approximate surface area is 109 Å². The molecule has 0 aromatic carbocycles. The number of halogens is 4. The summed E-state index contributed by atoms with van der Waals surface area (Å²) in [7, 11) is 0. The van der Waals surface area contributed by atoms with E-state index < -0.39 is 18.8 Å². The Morgan fingerprint density at radius 3 is 2.69 bits per heavy atom. The van der Waals surface area contributed by atoms with Crippen molar-refractivity contribution in [3.63, 3.8) is 0 Å². The van der Waals surface area contributed by atoms with Gasteiger partial charge < -0.3 is 5.11 Å². The van der Waals surface area contributed by atoms with E-state index in [0.717, 1.165) is 0 Å². The first-order valence-electron chi connectivity index (χ1n) is 4.19. The molecule has 16 heavy (non-hydrogen) atoms. The normalized spacial score (nSPS) is 10.8. The highest BCUT2D eigenvalue weighted by Gasteiger charge is 2.20. The first kappa shape index (κ1) is 13.6. The molecular weight excluding hydrogens is 354 g/mol. The van der Waals surface area contributed by atoms with Crippen molar-refractivity contribution in [1.29, 1.82) is 0 Å². The van der Waals surface area contributed by atoms with Crippen LogP contribution in [-0.4, -0.2) is 16.1 Å². The zero-order valence-corrected chi connectivity index (χ0v) is 10.8. The summed E-state index contributed by atoms with van der Waals surface area (Å²) in [5.41, 5.74) is -0.0476. The maximum absolute atomic E-state index is 12.7. The van der Waals surface area contributed by atoms with Crippen molar-refractivity contribution >= 4 is 40.2 Å². The highest BCUT2D eigenvalue weighted by Crippen LogP contribution is 2.28. The van der Waals surface area contributed by atoms with Crippen LogP contribution < -0.4 is 0 Å². The molecule has 1 aromatic heterocycles. The molecule has 0 unspecified atom stereocenters. The van der Waals surface area contributed by atoms with Gasteiger partial charge in [-0.25, -0.2) is 8.78 Å². The van der Waals surface area contributed by atoms with Crippen LogP contribution in [0.15, 0.2) is 6.07 Å². The summed E-state index contributed by atoms with van der Waals surface area (Å²) in [6, 6.07) is 1.43. The van der Waals surface area contributed by atoms with Gasteiger partial charge in [0.2, 0.25) is 0 Å². The molecular formula is C9H7ClF2INO2. The van der Waals surface area contributed by atoms with Gasteiger partial charge in [0.05, 0.1) is 29.3 Å². The summed E-state index contributed by atoms with van der Waals surface area (Å²) >= 11 is 7.26. The lowest BCUT2D eigenvalue weighted by Crippen LogP contribution is -2.09. The summed E-state index contributed by atoms with van der Waals surface area (Å²) < 4.78 is 25.7. The van der Waals surface area contributed by atoms with Gasteiger partial charge in [0.25, 0.3) is 6.43 Å². The van der Waals surface area contributed by atoms with Crippen LogP contribution in [0.3, 0.4) is 0 Å². The fourth-order valence-electron chi connectivity index (χ4n) is 1.20. The third-order valence-corrected chi connectivity index (χ3v) is 2.98. The molecule has 0 fully saturated rings. The number of nitrogens with zero attached hydrogens (tertiary/aromatic N) is 1. The zero-order chi connectivity index (χ0) is 12.3. The summed E-state index contributed by atoms with van der Waals surface area (Å²) in [4.78, 5) is 14.3. The summed E-state index contributed by atoms with van der Waals surface area (Å²) in [5.74, 6) is -1.14. The number of pyridine rings is 1. The molecule has 0 saturated heterocycles. The number of aromatic nitrogens is 1. The second kappa shape index (κ2) is 5.72. The first-order valence-corrected chi connectivity index (χ1v) is 5.81. The molecule has 0 bridgehead atoms. The van der Waals surface area contributed by atoms with E-state index in [0.29, 0.717) is 5.69 Å². The second-order valence-corrected chi connectivity index (χ2v) is 4.39. The fraction of sp³-hybridized carbons (Fsp3) is 0.333. The van der Waals surface area contributed by atoms with E-state index >= 15 is 0 Å². The molecule has 0 aliphatic rings. The van der Waals surface area contributed by atoms with Crippen molar-refractivity contribution in [2.75, 3.05) is 0 Å². The number of aliphatic carboxylic acids is 1. The largest absolute Gasteiger partial charge is 0.481 e. The molecule has 3 nitrogen and oxygen atoms in total. The van der Waals surface area contributed by atoms with E-state index in [1.807, 2.05) is 0 Å². The van der Waals surface area contributed by atoms with Crippen molar-refractivity contribution < 1.29 is 18.7 Å². The first-order chi connectivity index (χ1) is 7.45. The Morgan fingerprint density at radius 1 is 1.62 bits per heavy atom. The Balaban J connectivity index is 3.28. The number of carbonyl (C=O) groups is 1. The summed E-state index contributed by atoms with van der Waals surface area (Å²) in [5, 5.41) is 8.61. The molecule has 1 aromatic rings. The number of alkyl halides is 3. The van der Waals surface area contributed by atoms with Gasteiger partial charge in [-0.1, -0.05) is 0 Å². The molecule has 7 heteroatoms. The van der Waals surface area contributed by atoms with Crippen LogP contribution in [0, 0.1) is 3.57 Å². The minimum Gasteiger partial charge on any atom is -0.481 e. The van der Waals surface area contributed by atoms with E-state index in [4.69, 9.17) is 16.7 Å². The van der Waals surface area contributed by atoms with Gasteiger partial charge in [0, 0.05) is 3.57 Å². The van der Waals surface area contributed by atoms with Crippen molar-refractivity contribution in [3.8, 4) is 0 Å². The summed E-state index contributed by atoms with van der Waals surface area (Å²) in [6.07, 6.45) is -3.27.